The first-order valence-electron chi connectivity index (χ1n) is 8.22. The SMILES string of the molecule is CCCCC(N)(N)c1nc(Cc2ccc(C(C)(C)C)cc2)no1. The van der Waals surface area contributed by atoms with Crippen LogP contribution in [0.3, 0.4) is 0 Å². The molecule has 0 atom stereocenters. The Morgan fingerprint density at radius 1 is 1.09 bits per heavy atom. The third-order valence-electron chi connectivity index (χ3n) is 3.99. The Hall–Kier alpha value is -1.72. The van der Waals surface area contributed by atoms with Crippen LogP contribution in [0.25, 0.3) is 0 Å². The summed E-state index contributed by atoms with van der Waals surface area (Å²) < 4.78 is 5.27. The second-order valence-corrected chi connectivity index (χ2v) is 7.28. The molecule has 0 aliphatic heterocycles. The highest BCUT2D eigenvalue weighted by Crippen LogP contribution is 2.23. The molecule has 1 aromatic heterocycles. The average molecular weight is 316 g/mol. The monoisotopic (exact) mass is 316 g/mol. The van der Waals surface area contributed by atoms with Gasteiger partial charge in [0.1, 0.15) is 5.66 Å². The highest BCUT2D eigenvalue weighted by atomic mass is 16.5. The largest absolute Gasteiger partial charge is 0.336 e. The van der Waals surface area contributed by atoms with Crippen molar-refractivity contribution in [3.8, 4) is 0 Å². The molecule has 0 spiro atoms. The molecule has 0 saturated carbocycles. The van der Waals surface area contributed by atoms with Crippen molar-refractivity contribution in [2.45, 2.75) is 64.5 Å². The van der Waals surface area contributed by atoms with Gasteiger partial charge < -0.3 is 16.0 Å². The maximum atomic E-state index is 6.08. The van der Waals surface area contributed by atoms with Crippen molar-refractivity contribution in [1.82, 2.24) is 10.1 Å². The summed E-state index contributed by atoms with van der Waals surface area (Å²) >= 11 is 0. The van der Waals surface area contributed by atoms with Gasteiger partial charge in [0.2, 0.25) is 0 Å². The van der Waals surface area contributed by atoms with Crippen molar-refractivity contribution >= 4 is 0 Å². The maximum Gasteiger partial charge on any atom is 0.261 e. The van der Waals surface area contributed by atoms with Gasteiger partial charge in [-0.3, -0.25) is 0 Å². The normalized spacial score (nSPS) is 12.6. The highest BCUT2D eigenvalue weighted by molar-refractivity contribution is 5.29. The molecule has 126 valence electrons. The van der Waals surface area contributed by atoms with Crippen LogP contribution in [0.5, 0.6) is 0 Å². The van der Waals surface area contributed by atoms with Crippen molar-refractivity contribution in [2.24, 2.45) is 11.5 Å². The molecular weight excluding hydrogens is 288 g/mol. The molecule has 0 aliphatic rings. The van der Waals surface area contributed by atoms with Crippen LogP contribution in [0.1, 0.15) is 69.8 Å². The molecular formula is C18H28N4O. The van der Waals surface area contributed by atoms with Gasteiger partial charge in [-0.05, 0) is 23.0 Å². The van der Waals surface area contributed by atoms with Gasteiger partial charge in [0.15, 0.2) is 5.82 Å². The summed E-state index contributed by atoms with van der Waals surface area (Å²) in [5, 5.41) is 4.01. The minimum atomic E-state index is -1.04. The highest BCUT2D eigenvalue weighted by Gasteiger charge is 2.28. The number of hydrogen-bond acceptors (Lipinski definition) is 5. The standard InChI is InChI=1S/C18H28N4O/c1-5-6-11-18(19,20)16-21-15(22-23-16)12-13-7-9-14(10-8-13)17(2,3)4/h7-10H,5-6,11-12,19-20H2,1-4H3. The average Bonchev–Trinajstić information content (AvgIpc) is 2.94. The molecule has 0 radical (unpaired) electrons. The summed E-state index contributed by atoms with van der Waals surface area (Å²) in [4.78, 5) is 4.37. The van der Waals surface area contributed by atoms with Crippen molar-refractivity contribution in [3.05, 3.63) is 47.1 Å². The maximum absolute atomic E-state index is 6.08. The first kappa shape index (κ1) is 17.6. The van der Waals surface area contributed by atoms with E-state index in [1.54, 1.807) is 0 Å². The molecule has 2 aromatic rings. The lowest BCUT2D eigenvalue weighted by molar-refractivity contribution is 0.268. The van der Waals surface area contributed by atoms with Crippen molar-refractivity contribution in [1.29, 1.82) is 0 Å². The van der Waals surface area contributed by atoms with Crippen LogP contribution in [0.4, 0.5) is 0 Å². The van der Waals surface area contributed by atoms with E-state index in [1.165, 1.54) is 5.56 Å². The van der Waals surface area contributed by atoms with E-state index in [2.05, 4.69) is 62.1 Å². The number of hydrogen-bond donors (Lipinski definition) is 2. The number of nitrogens with two attached hydrogens (primary N) is 2. The number of benzene rings is 1. The molecule has 1 heterocycles. The Morgan fingerprint density at radius 3 is 2.30 bits per heavy atom. The van der Waals surface area contributed by atoms with Gasteiger partial charge in [-0.25, -0.2) is 0 Å². The predicted molar refractivity (Wildman–Crippen MR) is 91.8 cm³/mol. The van der Waals surface area contributed by atoms with Gasteiger partial charge in [0, 0.05) is 6.42 Å². The van der Waals surface area contributed by atoms with Gasteiger partial charge in [0.05, 0.1) is 0 Å². The zero-order chi connectivity index (χ0) is 17.1. The lowest BCUT2D eigenvalue weighted by atomic mass is 9.86. The van der Waals surface area contributed by atoms with E-state index in [4.69, 9.17) is 16.0 Å². The molecule has 5 nitrogen and oxygen atoms in total. The number of rotatable bonds is 6. The first-order valence-corrected chi connectivity index (χ1v) is 8.22. The molecule has 0 aliphatic carbocycles. The predicted octanol–water partition coefficient (Wildman–Crippen LogP) is 3.22. The van der Waals surface area contributed by atoms with Gasteiger partial charge in [-0.2, -0.15) is 4.98 Å². The number of unbranched alkanes of at least 4 members (excludes halogenated alkanes) is 1. The van der Waals surface area contributed by atoms with E-state index >= 15 is 0 Å². The fourth-order valence-electron chi connectivity index (χ4n) is 2.40. The molecule has 1 aromatic carbocycles. The molecule has 4 N–H and O–H groups in total. The van der Waals surface area contributed by atoms with Crippen LogP contribution in [0.15, 0.2) is 28.8 Å². The smallest absolute Gasteiger partial charge is 0.261 e. The summed E-state index contributed by atoms with van der Waals surface area (Å²) in [6, 6.07) is 8.50. The summed E-state index contributed by atoms with van der Waals surface area (Å²) in [6.45, 7) is 8.69. The minimum absolute atomic E-state index is 0.149. The fraction of sp³-hybridized carbons (Fsp3) is 0.556. The lowest BCUT2D eigenvalue weighted by Crippen LogP contribution is -2.46. The van der Waals surface area contributed by atoms with Crippen molar-refractivity contribution in [2.75, 3.05) is 0 Å². The number of aromatic nitrogens is 2. The summed E-state index contributed by atoms with van der Waals surface area (Å²) in [5.41, 5.74) is 13.7. The van der Waals surface area contributed by atoms with Gasteiger partial charge in [-0.15, -0.1) is 0 Å². The second-order valence-electron chi connectivity index (χ2n) is 7.28. The van der Waals surface area contributed by atoms with E-state index in [0.717, 1.165) is 18.4 Å². The number of nitrogens with zero attached hydrogens (tertiary/aromatic N) is 2. The van der Waals surface area contributed by atoms with E-state index in [1.807, 2.05) is 0 Å². The van der Waals surface area contributed by atoms with Crippen LogP contribution in [0, 0.1) is 0 Å². The topological polar surface area (TPSA) is 91.0 Å². The Morgan fingerprint density at radius 2 is 1.74 bits per heavy atom. The molecule has 0 bridgehead atoms. The summed E-state index contributed by atoms with van der Waals surface area (Å²) in [7, 11) is 0. The Kier molecular flexibility index (Phi) is 5.22. The molecule has 2 rings (SSSR count). The minimum Gasteiger partial charge on any atom is -0.336 e. The zero-order valence-electron chi connectivity index (χ0n) is 14.6. The van der Waals surface area contributed by atoms with Crippen LogP contribution in [0.2, 0.25) is 0 Å². The molecule has 5 heteroatoms. The molecule has 0 unspecified atom stereocenters. The van der Waals surface area contributed by atoms with E-state index in [9.17, 15) is 0 Å². The summed E-state index contributed by atoms with van der Waals surface area (Å²) in [5.74, 6) is 0.924. The Bertz CT molecular complexity index is 623. The molecule has 0 amide bonds. The zero-order valence-corrected chi connectivity index (χ0v) is 14.6. The van der Waals surface area contributed by atoms with Gasteiger partial charge in [0.25, 0.3) is 5.89 Å². The van der Waals surface area contributed by atoms with E-state index < -0.39 is 5.66 Å². The Labute approximate surface area is 138 Å². The summed E-state index contributed by atoms with van der Waals surface area (Å²) in [6.07, 6.45) is 3.19. The fourth-order valence-corrected chi connectivity index (χ4v) is 2.40. The lowest BCUT2D eigenvalue weighted by Gasteiger charge is -2.19. The van der Waals surface area contributed by atoms with E-state index in [0.29, 0.717) is 24.6 Å². The first-order chi connectivity index (χ1) is 10.7. The third kappa shape index (κ3) is 4.62. The quantitative estimate of drug-likeness (QED) is 0.798. The second kappa shape index (κ2) is 6.81. The van der Waals surface area contributed by atoms with Crippen molar-refractivity contribution < 1.29 is 4.52 Å². The third-order valence-corrected chi connectivity index (χ3v) is 3.99. The molecule has 0 fully saturated rings. The van der Waals surface area contributed by atoms with Crippen molar-refractivity contribution in [3.63, 3.8) is 0 Å². The van der Waals surface area contributed by atoms with Crippen LogP contribution < -0.4 is 11.5 Å². The van der Waals surface area contributed by atoms with E-state index in [-0.39, 0.29) is 5.41 Å². The van der Waals surface area contributed by atoms with Gasteiger partial charge >= 0.3 is 0 Å². The van der Waals surface area contributed by atoms with Crippen LogP contribution >= 0.6 is 0 Å². The van der Waals surface area contributed by atoms with Crippen LogP contribution in [-0.4, -0.2) is 10.1 Å². The molecule has 0 saturated heterocycles. The van der Waals surface area contributed by atoms with Crippen LogP contribution in [-0.2, 0) is 17.5 Å². The Balaban J connectivity index is 2.07. The molecule has 23 heavy (non-hydrogen) atoms. The van der Waals surface area contributed by atoms with Gasteiger partial charge in [-0.1, -0.05) is 70.0 Å².